The molecule has 2 rings (SSSR count). The normalized spacial score (nSPS) is 31.9. The van der Waals surface area contributed by atoms with Crippen LogP contribution in [-0.4, -0.2) is 23.6 Å². The average Bonchev–Trinajstić information content (AvgIpc) is 2.72. The van der Waals surface area contributed by atoms with Gasteiger partial charge in [0.05, 0.1) is 0 Å². The Morgan fingerprint density at radius 3 is 2.57 bits per heavy atom. The topological polar surface area (TPSA) is 12.0 Å². The Kier molecular flexibility index (Phi) is 4.18. The average molecular weight is 213 g/mol. The largest absolute Gasteiger partial charge is 0.310 e. The van der Waals surface area contributed by atoms with Gasteiger partial charge in [-0.15, -0.1) is 0 Å². The lowest BCUT2D eigenvalue weighted by atomic mass is 9.98. The highest BCUT2D eigenvalue weighted by atomic mass is 32.2. The molecule has 1 nitrogen and oxygen atoms in total. The van der Waals surface area contributed by atoms with Crippen LogP contribution in [-0.2, 0) is 0 Å². The van der Waals surface area contributed by atoms with Crippen LogP contribution in [0.15, 0.2) is 0 Å². The first-order valence-corrected chi connectivity index (χ1v) is 7.35. The van der Waals surface area contributed by atoms with Crippen LogP contribution in [0.3, 0.4) is 0 Å². The van der Waals surface area contributed by atoms with Crippen molar-refractivity contribution in [3.8, 4) is 0 Å². The molecule has 1 saturated carbocycles. The van der Waals surface area contributed by atoms with E-state index >= 15 is 0 Å². The molecule has 1 N–H and O–H groups in total. The zero-order chi connectivity index (χ0) is 9.80. The monoisotopic (exact) mass is 213 g/mol. The van der Waals surface area contributed by atoms with Crippen molar-refractivity contribution in [2.45, 2.75) is 57.5 Å². The predicted octanol–water partition coefficient (Wildman–Crippen LogP) is 3.05. The Hall–Kier alpha value is 0.310. The van der Waals surface area contributed by atoms with E-state index < -0.39 is 0 Å². The molecule has 1 heterocycles. The summed E-state index contributed by atoms with van der Waals surface area (Å²) in [4.78, 5) is 0. The third kappa shape index (κ3) is 2.90. The molecule has 2 atom stereocenters. The molecule has 82 valence electrons. The van der Waals surface area contributed by atoms with Crippen LogP contribution < -0.4 is 5.32 Å². The molecule has 1 aliphatic heterocycles. The van der Waals surface area contributed by atoms with Crippen LogP contribution in [0.1, 0.15) is 45.4 Å². The summed E-state index contributed by atoms with van der Waals surface area (Å²) < 4.78 is 0. The number of hydrogen-bond acceptors (Lipinski definition) is 2. The molecule has 1 aliphatic carbocycles. The highest BCUT2D eigenvalue weighted by molar-refractivity contribution is 7.99. The van der Waals surface area contributed by atoms with E-state index in [1.54, 1.807) is 0 Å². The van der Waals surface area contributed by atoms with Crippen LogP contribution >= 0.6 is 11.8 Å². The van der Waals surface area contributed by atoms with Crippen molar-refractivity contribution in [1.29, 1.82) is 0 Å². The van der Waals surface area contributed by atoms with Gasteiger partial charge in [0.25, 0.3) is 0 Å². The van der Waals surface area contributed by atoms with Gasteiger partial charge in [0.15, 0.2) is 0 Å². The van der Waals surface area contributed by atoms with E-state index in [0.29, 0.717) is 0 Å². The van der Waals surface area contributed by atoms with Gasteiger partial charge in [-0.05, 0) is 44.3 Å². The third-order valence-corrected chi connectivity index (χ3v) is 4.98. The smallest absolute Gasteiger partial charge is 0.0161 e. The highest BCUT2D eigenvalue weighted by Crippen LogP contribution is 2.28. The SMILES string of the molecule is C[C@H](NC1CCCSC1)C1CCCC1. The van der Waals surface area contributed by atoms with Gasteiger partial charge in [-0.3, -0.25) is 0 Å². The molecule has 0 aromatic rings. The van der Waals surface area contributed by atoms with Gasteiger partial charge >= 0.3 is 0 Å². The summed E-state index contributed by atoms with van der Waals surface area (Å²) in [5.41, 5.74) is 0. The summed E-state index contributed by atoms with van der Waals surface area (Å²) in [5, 5.41) is 3.84. The molecule has 1 saturated heterocycles. The molecule has 2 fully saturated rings. The van der Waals surface area contributed by atoms with Gasteiger partial charge in [-0.1, -0.05) is 12.8 Å². The lowest BCUT2D eigenvalue weighted by Gasteiger charge is -2.29. The molecule has 0 aromatic heterocycles. The van der Waals surface area contributed by atoms with Crippen LogP contribution in [0.4, 0.5) is 0 Å². The van der Waals surface area contributed by atoms with Gasteiger partial charge in [0.1, 0.15) is 0 Å². The van der Waals surface area contributed by atoms with E-state index in [9.17, 15) is 0 Å². The van der Waals surface area contributed by atoms with Crippen molar-refractivity contribution < 1.29 is 0 Å². The first kappa shape index (κ1) is 10.8. The van der Waals surface area contributed by atoms with Crippen LogP contribution in [0, 0.1) is 5.92 Å². The lowest BCUT2D eigenvalue weighted by Crippen LogP contribution is -2.42. The first-order chi connectivity index (χ1) is 6.86. The second kappa shape index (κ2) is 5.41. The third-order valence-electron chi connectivity index (χ3n) is 3.77. The summed E-state index contributed by atoms with van der Waals surface area (Å²) >= 11 is 2.13. The minimum absolute atomic E-state index is 0.765. The molecule has 0 amide bonds. The van der Waals surface area contributed by atoms with Crippen molar-refractivity contribution in [3.05, 3.63) is 0 Å². The molecule has 1 unspecified atom stereocenters. The van der Waals surface area contributed by atoms with E-state index in [1.807, 2.05) is 0 Å². The van der Waals surface area contributed by atoms with Crippen LogP contribution in [0.25, 0.3) is 0 Å². The second-order valence-electron chi connectivity index (χ2n) is 4.91. The number of rotatable bonds is 3. The Morgan fingerprint density at radius 1 is 1.14 bits per heavy atom. The van der Waals surface area contributed by atoms with E-state index in [-0.39, 0.29) is 0 Å². The van der Waals surface area contributed by atoms with E-state index in [0.717, 1.165) is 18.0 Å². The zero-order valence-electron chi connectivity index (χ0n) is 9.30. The predicted molar refractivity (Wildman–Crippen MR) is 64.9 cm³/mol. The minimum atomic E-state index is 0.765. The maximum absolute atomic E-state index is 3.84. The van der Waals surface area contributed by atoms with E-state index in [4.69, 9.17) is 0 Å². The van der Waals surface area contributed by atoms with Crippen molar-refractivity contribution >= 4 is 11.8 Å². The quantitative estimate of drug-likeness (QED) is 0.773. The van der Waals surface area contributed by atoms with Gasteiger partial charge in [0, 0.05) is 17.8 Å². The van der Waals surface area contributed by atoms with Crippen LogP contribution in [0.2, 0.25) is 0 Å². The first-order valence-electron chi connectivity index (χ1n) is 6.20. The Balaban J connectivity index is 1.72. The fraction of sp³-hybridized carbons (Fsp3) is 1.00. The molecule has 0 bridgehead atoms. The Bertz CT molecular complexity index is 160. The van der Waals surface area contributed by atoms with Gasteiger partial charge in [-0.25, -0.2) is 0 Å². The van der Waals surface area contributed by atoms with Crippen molar-refractivity contribution in [2.75, 3.05) is 11.5 Å². The van der Waals surface area contributed by atoms with Crippen LogP contribution in [0.5, 0.6) is 0 Å². The molecular weight excluding hydrogens is 190 g/mol. The standard InChI is InChI=1S/C12H23NS/c1-10(11-5-2-3-6-11)13-12-7-4-8-14-9-12/h10-13H,2-9H2,1H3/t10-,12?/m0/s1. The second-order valence-corrected chi connectivity index (χ2v) is 6.06. The summed E-state index contributed by atoms with van der Waals surface area (Å²) in [5.74, 6) is 3.70. The maximum atomic E-state index is 3.84. The van der Waals surface area contributed by atoms with Gasteiger partial charge in [0.2, 0.25) is 0 Å². The summed E-state index contributed by atoms with van der Waals surface area (Å²) in [6.45, 7) is 2.40. The lowest BCUT2D eigenvalue weighted by molar-refractivity contribution is 0.341. The molecule has 2 heteroatoms. The van der Waals surface area contributed by atoms with E-state index in [2.05, 4.69) is 24.0 Å². The van der Waals surface area contributed by atoms with Crippen molar-refractivity contribution in [3.63, 3.8) is 0 Å². The highest BCUT2D eigenvalue weighted by Gasteiger charge is 2.24. The summed E-state index contributed by atoms with van der Waals surface area (Å²) in [6, 6.07) is 1.57. The maximum Gasteiger partial charge on any atom is 0.0161 e. The fourth-order valence-corrected chi connectivity index (χ4v) is 3.92. The van der Waals surface area contributed by atoms with Crippen molar-refractivity contribution in [1.82, 2.24) is 5.32 Å². The Morgan fingerprint density at radius 2 is 1.93 bits per heavy atom. The molecule has 0 radical (unpaired) electrons. The molecule has 0 aromatic carbocycles. The Labute approximate surface area is 92.4 Å². The van der Waals surface area contributed by atoms with Gasteiger partial charge in [-0.2, -0.15) is 11.8 Å². The molecular formula is C12H23NS. The molecule has 14 heavy (non-hydrogen) atoms. The number of hydrogen-bond donors (Lipinski definition) is 1. The zero-order valence-corrected chi connectivity index (χ0v) is 10.1. The number of nitrogens with one attached hydrogen (secondary N) is 1. The molecule has 2 aliphatic rings. The summed E-state index contributed by atoms with van der Waals surface area (Å²) in [7, 11) is 0. The van der Waals surface area contributed by atoms with Gasteiger partial charge < -0.3 is 5.32 Å². The fourth-order valence-electron chi connectivity index (χ4n) is 2.84. The number of thioether (sulfide) groups is 1. The van der Waals surface area contributed by atoms with Crippen molar-refractivity contribution in [2.24, 2.45) is 5.92 Å². The molecule has 0 spiro atoms. The minimum Gasteiger partial charge on any atom is -0.310 e. The summed E-state index contributed by atoms with van der Waals surface area (Å²) in [6.07, 6.45) is 8.69. The van der Waals surface area contributed by atoms with E-state index in [1.165, 1.54) is 50.0 Å².